The number of nitro groups is 1. The highest BCUT2D eigenvalue weighted by Gasteiger charge is 2.31. The van der Waals surface area contributed by atoms with Gasteiger partial charge in [-0.2, -0.15) is 0 Å². The van der Waals surface area contributed by atoms with E-state index in [9.17, 15) is 19.7 Å². The van der Waals surface area contributed by atoms with E-state index in [-0.39, 0.29) is 30.5 Å². The highest BCUT2D eigenvalue weighted by Crippen LogP contribution is 2.22. The maximum atomic E-state index is 13.6. The Morgan fingerprint density at radius 2 is 1.68 bits per heavy atom. The number of hydrogen-bond acceptors (Lipinski definition) is 4. The van der Waals surface area contributed by atoms with E-state index >= 15 is 0 Å². The fraction of sp³-hybridized carbons (Fsp3) is 0.231. The number of para-hydroxylation sites is 1. The third kappa shape index (κ3) is 6.65. The molecule has 0 radical (unpaired) electrons. The summed E-state index contributed by atoms with van der Waals surface area (Å²) in [4.78, 5) is 39.2. The number of rotatable bonds is 10. The number of nitrogens with zero attached hydrogens (tertiary/aromatic N) is 2. The first-order valence-corrected chi connectivity index (χ1v) is 11.3. The molecule has 0 aliphatic rings. The summed E-state index contributed by atoms with van der Waals surface area (Å²) in [5, 5.41) is 14.8. The van der Waals surface area contributed by atoms with E-state index in [1.165, 1.54) is 11.0 Å². The Labute approximate surface area is 203 Å². The maximum absolute atomic E-state index is 13.6. The van der Waals surface area contributed by atoms with Crippen LogP contribution in [0.4, 0.5) is 5.69 Å². The zero-order valence-electron chi connectivity index (χ0n) is 18.8. The Bertz CT molecular complexity index is 1150. The summed E-state index contributed by atoms with van der Waals surface area (Å²) in [6.07, 6.45) is 0.0955. The van der Waals surface area contributed by atoms with Gasteiger partial charge in [-0.05, 0) is 30.2 Å². The number of likely N-dealkylation sites (N-methyl/N-ethyl adjacent to an activating group) is 1. The molecule has 7 nitrogen and oxygen atoms in total. The predicted molar refractivity (Wildman–Crippen MR) is 131 cm³/mol. The Hall–Kier alpha value is -3.71. The molecule has 0 aliphatic carbocycles. The lowest BCUT2D eigenvalue weighted by Crippen LogP contribution is -2.51. The van der Waals surface area contributed by atoms with E-state index in [1.54, 1.807) is 36.4 Å². The van der Waals surface area contributed by atoms with E-state index in [0.29, 0.717) is 23.6 Å². The predicted octanol–water partition coefficient (Wildman–Crippen LogP) is 4.57. The molecule has 0 fully saturated rings. The molecule has 176 valence electrons. The van der Waals surface area contributed by atoms with E-state index in [2.05, 4.69) is 5.32 Å². The van der Waals surface area contributed by atoms with Crippen LogP contribution in [0, 0.1) is 10.1 Å². The summed E-state index contributed by atoms with van der Waals surface area (Å²) in [5.74, 6) is -0.675. The first-order valence-electron chi connectivity index (χ1n) is 11.0. The van der Waals surface area contributed by atoms with Gasteiger partial charge in [0.2, 0.25) is 11.8 Å². The molecule has 34 heavy (non-hydrogen) atoms. The summed E-state index contributed by atoms with van der Waals surface area (Å²) >= 11 is 6.16. The molecule has 0 bridgehead atoms. The van der Waals surface area contributed by atoms with Gasteiger partial charge in [-0.1, -0.05) is 72.3 Å². The van der Waals surface area contributed by atoms with Crippen LogP contribution in [0.25, 0.3) is 0 Å². The normalized spacial score (nSPS) is 11.5. The van der Waals surface area contributed by atoms with Crippen LogP contribution >= 0.6 is 11.6 Å². The number of hydrogen-bond donors (Lipinski definition) is 1. The standard InChI is InChI=1S/C26H26ClN3O4/c1-2-28-26(32)24(16-19-9-4-3-5-10-19)29(18-20-11-8-13-22(27)15-20)25(31)17-21-12-6-7-14-23(21)30(33)34/h3-15,24H,2,16-18H2,1H3,(H,28,32)/t24-/m0/s1. The summed E-state index contributed by atoms with van der Waals surface area (Å²) in [5.41, 5.74) is 1.82. The first-order chi connectivity index (χ1) is 16.4. The minimum atomic E-state index is -0.809. The van der Waals surface area contributed by atoms with Crippen molar-refractivity contribution in [2.24, 2.45) is 0 Å². The molecule has 3 aromatic carbocycles. The summed E-state index contributed by atoms with van der Waals surface area (Å²) in [6.45, 7) is 2.36. The van der Waals surface area contributed by atoms with Gasteiger partial charge < -0.3 is 10.2 Å². The average molecular weight is 480 g/mol. The fourth-order valence-electron chi connectivity index (χ4n) is 3.78. The van der Waals surface area contributed by atoms with Crippen molar-refractivity contribution >= 4 is 29.1 Å². The Balaban J connectivity index is 2.00. The molecular formula is C26H26ClN3O4. The molecule has 0 saturated heterocycles. The van der Waals surface area contributed by atoms with Gasteiger partial charge in [0.15, 0.2) is 0 Å². The molecule has 8 heteroatoms. The minimum absolute atomic E-state index is 0.129. The number of nitro benzene ring substituents is 1. The smallest absolute Gasteiger partial charge is 0.273 e. The summed E-state index contributed by atoms with van der Waals surface area (Å²) < 4.78 is 0. The van der Waals surface area contributed by atoms with Crippen molar-refractivity contribution in [2.45, 2.75) is 32.4 Å². The molecule has 1 N–H and O–H groups in total. The number of amides is 2. The second-order valence-corrected chi connectivity index (χ2v) is 8.25. The lowest BCUT2D eigenvalue weighted by Gasteiger charge is -2.31. The number of nitrogens with one attached hydrogen (secondary N) is 1. The van der Waals surface area contributed by atoms with Gasteiger partial charge in [-0.15, -0.1) is 0 Å². The van der Waals surface area contributed by atoms with Gasteiger partial charge in [0, 0.05) is 36.2 Å². The van der Waals surface area contributed by atoms with Crippen LogP contribution in [0.1, 0.15) is 23.6 Å². The van der Waals surface area contributed by atoms with Gasteiger partial charge in [0.25, 0.3) is 5.69 Å². The topological polar surface area (TPSA) is 92.6 Å². The van der Waals surface area contributed by atoms with Crippen LogP contribution < -0.4 is 5.32 Å². The van der Waals surface area contributed by atoms with E-state index in [0.717, 1.165) is 11.1 Å². The average Bonchev–Trinajstić information content (AvgIpc) is 2.82. The molecule has 0 spiro atoms. The first kappa shape index (κ1) is 24.9. The molecule has 0 aliphatic heterocycles. The van der Waals surface area contributed by atoms with Crippen LogP contribution in [0.5, 0.6) is 0 Å². The third-order valence-corrected chi connectivity index (χ3v) is 5.63. The quantitative estimate of drug-likeness (QED) is 0.340. The second-order valence-electron chi connectivity index (χ2n) is 7.81. The summed E-state index contributed by atoms with van der Waals surface area (Å²) in [7, 11) is 0. The molecule has 3 rings (SSSR count). The van der Waals surface area contributed by atoms with Crippen molar-refractivity contribution in [3.63, 3.8) is 0 Å². The molecule has 1 atom stereocenters. The zero-order valence-corrected chi connectivity index (χ0v) is 19.6. The lowest BCUT2D eigenvalue weighted by molar-refractivity contribution is -0.385. The van der Waals surface area contributed by atoms with Crippen LogP contribution in [0.15, 0.2) is 78.9 Å². The second kappa shape index (κ2) is 12.0. The largest absolute Gasteiger partial charge is 0.355 e. The van der Waals surface area contributed by atoms with Crippen molar-refractivity contribution < 1.29 is 14.5 Å². The molecule has 0 aromatic heterocycles. The highest BCUT2D eigenvalue weighted by atomic mass is 35.5. The van der Waals surface area contributed by atoms with Crippen molar-refractivity contribution in [1.82, 2.24) is 10.2 Å². The van der Waals surface area contributed by atoms with E-state index in [1.807, 2.05) is 43.3 Å². The minimum Gasteiger partial charge on any atom is -0.355 e. The Morgan fingerprint density at radius 1 is 1.00 bits per heavy atom. The van der Waals surface area contributed by atoms with Crippen molar-refractivity contribution in [3.8, 4) is 0 Å². The van der Waals surface area contributed by atoms with Crippen molar-refractivity contribution in [3.05, 3.63) is 111 Å². The molecule has 0 heterocycles. The van der Waals surface area contributed by atoms with Crippen molar-refractivity contribution in [2.75, 3.05) is 6.54 Å². The zero-order chi connectivity index (χ0) is 24.5. The van der Waals surface area contributed by atoms with Gasteiger partial charge >= 0.3 is 0 Å². The van der Waals surface area contributed by atoms with Gasteiger partial charge in [-0.25, -0.2) is 0 Å². The Morgan fingerprint density at radius 3 is 2.35 bits per heavy atom. The number of carbonyl (C=O) groups is 2. The molecule has 2 amide bonds. The van der Waals surface area contributed by atoms with Crippen LogP contribution in [-0.2, 0) is 29.0 Å². The van der Waals surface area contributed by atoms with Gasteiger partial charge in [0.05, 0.1) is 11.3 Å². The van der Waals surface area contributed by atoms with Crippen LogP contribution in [0.2, 0.25) is 5.02 Å². The van der Waals surface area contributed by atoms with Crippen LogP contribution in [-0.4, -0.2) is 34.2 Å². The third-order valence-electron chi connectivity index (χ3n) is 5.39. The molecule has 0 saturated carbocycles. The van der Waals surface area contributed by atoms with Crippen molar-refractivity contribution in [1.29, 1.82) is 0 Å². The molecule has 0 unspecified atom stereocenters. The lowest BCUT2D eigenvalue weighted by atomic mass is 10.0. The maximum Gasteiger partial charge on any atom is 0.273 e. The molecule has 3 aromatic rings. The molecular weight excluding hydrogens is 454 g/mol. The van der Waals surface area contributed by atoms with E-state index in [4.69, 9.17) is 11.6 Å². The van der Waals surface area contributed by atoms with Gasteiger partial charge in [0.1, 0.15) is 6.04 Å². The van der Waals surface area contributed by atoms with E-state index < -0.39 is 11.0 Å². The number of halogens is 1. The number of benzene rings is 3. The fourth-order valence-corrected chi connectivity index (χ4v) is 3.99. The van der Waals surface area contributed by atoms with Gasteiger partial charge in [-0.3, -0.25) is 19.7 Å². The summed E-state index contributed by atoms with van der Waals surface area (Å²) in [6, 6.07) is 21.8. The SMILES string of the molecule is CCNC(=O)[C@H](Cc1ccccc1)N(Cc1cccc(Cl)c1)C(=O)Cc1ccccc1[N+](=O)[O-]. The Kier molecular flexibility index (Phi) is 8.76. The van der Waals surface area contributed by atoms with Crippen LogP contribution in [0.3, 0.4) is 0 Å². The monoisotopic (exact) mass is 479 g/mol. The number of carbonyl (C=O) groups excluding carboxylic acids is 2. The highest BCUT2D eigenvalue weighted by molar-refractivity contribution is 6.30.